The van der Waals surface area contributed by atoms with Crippen LogP contribution >= 0.6 is 0 Å². The number of hydrogen-bond donors (Lipinski definition) is 1. The molecule has 0 radical (unpaired) electrons. The molecule has 1 fully saturated rings. The van der Waals surface area contributed by atoms with Crippen molar-refractivity contribution in [3.05, 3.63) is 0 Å². The van der Waals surface area contributed by atoms with Crippen molar-refractivity contribution in [2.75, 3.05) is 40.4 Å². The Morgan fingerprint density at radius 3 is 2.29 bits per heavy atom. The Labute approximate surface area is 132 Å². The van der Waals surface area contributed by atoms with Crippen molar-refractivity contribution in [1.82, 2.24) is 10.2 Å². The van der Waals surface area contributed by atoms with E-state index < -0.39 is 0 Å². The SMILES string of the molecule is CCC(C)(C)N(C)CC1(CNCCOC)CCCCCC1. The molecule has 0 aromatic carbocycles. The molecule has 0 spiro atoms. The molecule has 126 valence electrons. The molecule has 1 aliphatic carbocycles. The molecule has 1 rings (SSSR count). The smallest absolute Gasteiger partial charge is 0.0587 e. The van der Waals surface area contributed by atoms with Crippen LogP contribution in [0.5, 0.6) is 0 Å². The number of ether oxygens (including phenoxy) is 1. The summed E-state index contributed by atoms with van der Waals surface area (Å²) in [6, 6.07) is 0. The molecule has 0 aliphatic heterocycles. The first-order chi connectivity index (χ1) is 9.96. The van der Waals surface area contributed by atoms with E-state index in [9.17, 15) is 0 Å². The van der Waals surface area contributed by atoms with E-state index in [1.165, 1.54) is 51.5 Å². The third kappa shape index (κ3) is 6.25. The van der Waals surface area contributed by atoms with E-state index in [0.717, 1.165) is 19.7 Å². The van der Waals surface area contributed by atoms with Gasteiger partial charge in [0.15, 0.2) is 0 Å². The maximum Gasteiger partial charge on any atom is 0.0587 e. The molecule has 0 aromatic heterocycles. The van der Waals surface area contributed by atoms with Gasteiger partial charge in [0.05, 0.1) is 6.61 Å². The van der Waals surface area contributed by atoms with Gasteiger partial charge in [-0.2, -0.15) is 0 Å². The third-order valence-corrected chi connectivity index (χ3v) is 5.62. The molecule has 0 aromatic rings. The van der Waals surface area contributed by atoms with Gasteiger partial charge >= 0.3 is 0 Å². The molecule has 1 aliphatic rings. The second-order valence-corrected chi connectivity index (χ2v) is 7.61. The minimum absolute atomic E-state index is 0.297. The topological polar surface area (TPSA) is 24.5 Å². The van der Waals surface area contributed by atoms with Gasteiger partial charge in [0.25, 0.3) is 0 Å². The Morgan fingerprint density at radius 1 is 1.14 bits per heavy atom. The lowest BCUT2D eigenvalue weighted by atomic mass is 9.78. The standard InChI is InChI=1S/C18H38N2O/c1-6-17(2,3)20(4)16-18(15-19-13-14-21-5)11-9-7-8-10-12-18/h19H,6-16H2,1-5H3. The molecule has 3 nitrogen and oxygen atoms in total. The summed E-state index contributed by atoms with van der Waals surface area (Å²) >= 11 is 0. The molecule has 0 unspecified atom stereocenters. The predicted octanol–water partition coefficient (Wildman–Crippen LogP) is 3.68. The van der Waals surface area contributed by atoms with Gasteiger partial charge in [-0.05, 0) is 45.6 Å². The fraction of sp³-hybridized carbons (Fsp3) is 1.00. The van der Waals surface area contributed by atoms with E-state index in [4.69, 9.17) is 4.74 Å². The van der Waals surface area contributed by atoms with Crippen molar-refractivity contribution in [3.8, 4) is 0 Å². The first kappa shape index (κ1) is 18.9. The summed E-state index contributed by atoms with van der Waals surface area (Å²) in [5.74, 6) is 0. The summed E-state index contributed by atoms with van der Waals surface area (Å²) < 4.78 is 5.17. The lowest BCUT2D eigenvalue weighted by molar-refractivity contribution is 0.0690. The van der Waals surface area contributed by atoms with E-state index in [1.807, 2.05) is 0 Å². The van der Waals surface area contributed by atoms with Crippen LogP contribution in [0.4, 0.5) is 0 Å². The third-order valence-electron chi connectivity index (χ3n) is 5.62. The number of nitrogens with zero attached hydrogens (tertiary/aromatic N) is 1. The summed E-state index contributed by atoms with van der Waals surface area (Å²) in [5, 5.41) is 3.65. The van der Waals surface area contributed by atoms with Gasteiger partial charge in [0.1, 0.15) is 0 Å². The quantitative estimate of drug-likeness (QED) is 0.519. The maximum absolute atomic E-state index is 5.17. The molecular formula is C18H38N2O. The van der Waals surface area contributed by atoms with Crippen LogP contribution in [-0.4, -0.2) is 50.8 Å². The summed E-state index contributed by atoms with van der Waals surface area (Å²) in [7, 11) is 4.09. The van der Waals surface area contributed by atoms with E-state index >= 15 is 0 Å². The first-order valence-electron chi connectivity index (χ1n) is 8.87. The van der Waals surface area contributed by atoms with E-state index in [-0.39, 0.29) is 0 Å². The van der Waals surface area contributed by atoms with Gasteiger partial charge in [0, 0.05) is 32.3 Å². The Morgan fingerprint density at radius 2 is 1.76 bits per heavy atom. The van der Waals surface area contributed by atoms with Crippen molar-refractivity contribution in [2.24, 2.45) is 5.41 Å². The highest BCUT2D eigenvalue weighted by molar-refractivity contribution is 4.90. The zero-order chi connectivity index (χ0) is 15.8. The fourth-order valence-corrected chi connectivity index (χ4v) is 3.38. The van der Waals surface area contributed by atoms with Gasteiger partial charge in [-0.1, -0.05) is 32.6 Å². The van der Waals surface area contributed by atoms with Gasteiger partial charge in [0.2, 0.25) is 0 Å². The van der Waals surface area contributed by atoms with Crippen molar-refractivity contribution < 1.29 is 4.74 Å². The second-order valence-electron chi connectivity index (χ2n) is 7.61. The van der Waals surface area contributed by atoms with Gasteiger partial charge in [-0.3, -0.25) is 0 Å². The second kappa shape index (κ2) is 9.12. The fourth-order valence-electron chi connectivity index (χ4n) is 3.38. The van der Waals surface area contributed by atoms with Crippen LogP contribution in [0.15, 0.2) is 0 Å². The number of hydrogen-bond acceptors (Lipinski definition) is 3. The Balaban J connectivity index is 2.66. The zero-order valence-electron chi connectivity index (χ0n) is 15.1. The molecule has 0 heterocycles. The summed E-state index contributed by atoms with van der Waals surface area (Å²) in [6.45, 7) is 11.2. The molecular weight excluding hydrogens is 260 g/mol. The average molecular weight is 299 g/mol. The Hall–Kier alpha value is -0.120. The highest BCUT2D eigenvalue weighted by Crippen LogP contribution is 2.36. The summed E-state index contributed by atoms with van der Waals surface area (Å²) in [4.78, 5) is 2.59. The predicted molar refractivity (Wildman–Crippen MR) is 91.9 cm³/mol. The van der Waals surface area contributed by atoms with E-state index in [2.05, 4.69) is 38.0 Å². The average Bonchev–Trinajstić information content (AvgIpc) is 2.69. The Bertz CT molecular complexity index is 270. The first-order valence-corrected chi connectivity index (χ1v) is 8.87. The Kier molecular flexibility index (Phi) is 8.22. The molecule has 1 N–H and O–H groups in total. The zero-order valence-corrected chi connectivity index (χ0v) is 15.1. The highest BCUT2D eigenvalue weighted by atomic mass is 16.5. The number of rotatable bonds is 9. The van der Waals surface area contributed by atoms with Gasteiger partial charge in [-0.25, -0.2) is 0 Å². The molecule has 0 atom stereocenters. The van der Waals surface area contributed by atoms with Crippen molar-refractivity contribution in [1.29, 1.82) is 0 Å². The molecule has 21 heavy (non-hydrogen) atoms. The van der Waals surface area contributed by atoms with Gasteiger partial charge < -0.3 is 15.0 Å². The number of methoxy groups -OCH3 is 1. The molecule has 0 amide bonds. The van der Waals surface area contributed by atoms with Crippen LogP contribution in [0.25, 0.3) is 0 Å². The number of nitrogens with one attached hydrogen (secondary N) is 1. The minimum Gasteiger partial charge on any atom is -0.383 e. The lowest BCUT2D eigenvalue weighted by Gasteiger charge is -2.43. The van der Waals surface area contributed by atoms with Crippen LogP contribution in [-0.2, 0) is 4.74 Å². The van der Waals surface area contributed by atoms with Crippen molar-refractivity contribution in [2.45, 2.75) is 71.3 Å². The lowest BCUT2D eigenvalue weighted by Crippen LogP contribution is -2.50. The summed E-state index contributed by atoms with van der Waals surface area (Å²) in [5.41, 5.74) is 0.747. The van der Waals surface area contributed by atoms with Crippen molar-refractivity contribution >= 4 is 0 Å². The van der Waals surface area contributed by atoms with Crippen molar-refractivity contribution in [3.63, 3.8) is 0 Å². The molecule has 0 bridgehead atoms. The molecule has 3 heteroatoms. The largest absolute Gasteiger partial charge is 0.383 e. The minimum atomic E-state index is 0.297. The summed E-state index contributed by atoms with van der Waals surface area (Å²) in [6.07, 6.45) is 9.57. The van der Waals surface area contributed by atoms with Gasteiger partial charge in [-0.15, -0.1) is 0 Å². The normalized spacial score (nSPS) is 19.7. The molecule has 1 saturated carbocycles. The van der Waals surface area contributed by atoms with Crippen LogP contribution in [0.3, 0.4) is 0 Å². The van der Waals surface area contributed by atoms with Crippen LogP contribution < -0.4 is 5.32 Å². The van der Waals surface area contributed by atoms with Crippen LogP contribution in [0.1, 0.15) is 65.7 Å². The van der Waals surface area contributed by atoms with E-state index in [1.54, 1.807) is 7.11 Å². The maximum atomic E-state index is 5.17. The highest BCUT2D eigenvalue weighted by Gasteiger charge is 2.35. The van der Waals surface area contributed by atoms with Crippen LogP contribution in [0, 0.1) is 5.41 Å². The van der Waals surface area contributed by atoms with E-state index in [0.29, 0.717) is 11.0 Å². The monoisotopic (exact) mass is 298 g/mol. The molecule has 0 saturated heterocycles. The van der Waals surface area contributed by atoms with Crippen LogP contribution in [0.2, 0.25) is 0 Å².